The van der Waals surface area contributed by atoms with Crippen LogP contribution in [0.1, 0.15) is 6.92 Å². The van der Waals surface area contributed by atoms with Gasteiger partial charge in [-0.2, -0.15) is 5.10 Å². The molecule has 0 aliphatic heterocycles. The van der Waals surface area contributed by atoms with Crippen LogP contribution in [0.2, 0.25) is 0 Å². The first-order chi connectivity index (χ1) is 6.63. The van der Waals surface area contributed by atoms with E-state index in [9.17, 15) is 0 Å². The number of hydrogen-bond donors (Lipinski definition) is 1. The Labute approximate surface area is 92.6 Å². The van der Waals surface area contributed by atoms with Crippen molar-refractivity contribution in [3.63, 3.8) is 0 Å². The molecule has 0 fully saturated rings. The molecule has 4 nitrogen and oxygen atoms in total. The molecule has 1 unspecified atom stereocenters. The van der Waals surface area contributed by atoms with Crippen molar-refractivity contribution < 1.29 is 5.11 Å². The summed E-state index contributed by atoms with van der Waals surface area (Å²) in [5.74, 6) is 0. The van der Waals surface area contributed by atoms with Gasteiger partial charge < -0.3 is 5.11 Å². The maximum Gasteiger partial charge on any atom is 0.0632 e. The van der Waals surface area contributed by atoms with Gasteiger partial charge in [-0.3, -0.25) is 9.58 Å². The molecule has 0 saturated heterocycles. The van der Waals surface area contributed by atoms with Crippen molar-refractivity contribution in [3.8, 4) is 0 Å². The van der Waals surface area contributed by atoms with E-state index in [4.69, 9.17) is 5.11 Å². The number of aromatic nitrogens is 2. The van der Waals surface area contributed by atoms with E-state index in [0.29, 0.717) is 0 Å². The van der Waals surface area contributed by atoms with Gasteiger partial charge in [0.05, 0.1) is 23.8 Å². The quantitative estimate of drug-likeness (QED) is 0.859. The summed E-state index contributed by atoms with van der Waals surface area (Å²) < 4.78 is 2.88. The summed E-state index contributed by atoms with van der Waals surface area (Å²) in [6.07, 6.45) is 3.72. The Balaban J connectivity index is 2.33. The second kappa shape index (κ2) is 5.48. The third kappa shape index (κ3) is 3.40. The summed E-state index contributed by atoms with van der Waals surface area (Å²) in [6, 6.07) is 0.203. The number of rotatable bonds is 5. The normalized spacial score (nSPS) is 13.5. The van der Waals surface area contributed by atoms with Gasteiger partial charge in [0.1, 0.15) is 0 Å². The van der Waals surface area contributed by atoms with Crippen LogP contribution in [0.15, 0.2) is 16.9 Å². The van der Waals surface area contributed by atoms with Crippen LogP contribution in [-0.4, -0.2) is 46.0 Å². The van der Waals surface area contributed by atoms with Gasteiger partial charge in [0.15, 0.2) is 0 Å². The fraction of sp³-hybridized carbons (Fsp3) is 0.667. The molecular formula is C9H16BrN3O. The zero-order chi connectivity index (χ0) is 10.6. The van der Waals surface area contributed by atoms with E-state index in [1.165, 1.54) is 0 Å². The monoisotopic (exact) mass is 261 g/mol. The molecule has 1 atom stereocenters. The zero-order valence-corrected chi connectivity index (χ0v) is 10.1. The van der Waals surface area contributed by atoms with Crippen LogP contribution in [0.3, 0.4) is 0 Å². The summed E-state index contributed by atoms with van der Waals surface area (Å²) in [6.45, 7) is 3.92. The van der Waals surface area contributed by atoms with Crippen molar-refractivity contribution in [2.75, 3.05) is 20.2 Å². The van der Waals surface area contributed by atoms with E-state index >= 15 is 0 Å². The lowest BCUT2D eigenvalue weighted by Gasteiger charge is -2.22. The SMILES string of the molecule is CC(CO)N(C)CCn1cc(Br)cn1. The maximum absolute atomic E-state index is 8.93. The molecule has 0 amide bonds. The smallest absolute Gasteiger partial charge is 0.0632 e. The molecule has 0 aromatic carbocycles. The Kier molecular flexibility index (Phi) is 4.57. The minimum atomic E-state index is 0.194. The Hall–Kier alpha value is -0.390. The number of aliphatic hydroxyl groups excluding tert-OH is 1. The first-order valence-corrected chi connectivity index (χ1v) is 5.42. The molecule has 1 rings (SSSR count). The molecule has 1 aromatic heterocycles. The Morgan fingerprint density at radius 2 is 2.43 bits per heavy atom. The van der Waals surface area contributed by atoms with Gasteiger partial charge in [-0.1, -0.05) is 0 Å². The lowest BCUT2D eigenvalue weighted by molar-refractivity contribution is 0.154. The first-order valence-electron chi connectivity index (χ1n) is 4.62. The van der Waals surface area contributed by atoms with Gasteiger partial charge in [-0.05, 0) is 29.9 Å². The summed E-state index contributed by atoms with van der Waals surface area (Å²) in [4.78, 5) is 2.11. The summed E-state index contributed by atoms with van der Waals surface area (Å²) >= 11 is 3.34. The van der Waals surface area contributed by atoms with E-state index in [0.717, 1.165) is 17.6 Å². The molecule has 0 aliphatic rings. The van der Waals surface area contributed by atoms with E-state index in [-0.39, 0.29) is 12.6 Å². The van der Waals surface area contributed by atoms with Crippen LogP contribution < -0.4 is 0 Å². The number of likely N-dealkylation sites (N-methyl/N-ethyl adjacent to an activating group) is 1. The molecule has 0 radical (unpaired) electrons. The highest BCUT2D eigenvalue weighted by atomic mass is 79.9. The standard InChI is InChI=1S/C9H16BrN3O/c1-8(7-14)12(2)3-4-13-6-9(10)5-11-13/h5-6,8,14H,3-4,7H2,1-2H3. The third-order valence-electron chi connectivity index (χ3n) is 2.30. The van der Waals surface area contributed by atoms with Crippen LogP contribution >= 0.6 is 15.9 Å². The fourth-order valence-electron chi connectivity index (χ4n) is 1.08. The van der Waals surface area contributed by atoms with Crippen molar-refractivity contribution >= 4 is 15.9 Å². The molecule has 14 heavy (non-hydrogen) atoms. The lowest BCUT2D eigenvalue weighted by atomic mass is 10.3. The Bertz CT molecular complexity index is 277. The molecule has 5 heteroatoms. The van der Waals surface area contributed by atoms with E-state index in [1.54, 1.807) is 6.20 Å². The molecular weight excluding hydrogens is 246 g/mol. The van der Waals surface area contributed by atoms with Crippen LogP contribution in [-0.2, 0) is 6.54 Å². The Morgan fingerprint density at radius 3 is 2.93 bits per heavy atom. The van der Waals surface area contributed by atoms with E-state index < -0.39 is 0 Å². The van der Waals surface area contributed by atoms with Crippen LogP contribution in [0.4, 0.5) is 0 Å². The molecule has 0 saturated carbocycles. The molecule has 0 aliphatic carbocycles. The van der Waals surface area contributed by atoms with Crippen molar-refractivity contribution in [2.24, 2.45) is 0 Å². The van der Waals surface area contributed by atoms with Gasteiger partial charge in [-0.25, -0.2) is 0 Å². The van der Waals surface area contributed by atoms with Crippen LogP contribution in [0.5, 0.6) is 0 Å². The summed E-state index contributed by atoms with van der Waals surface area (Å²) in [5.41, 5.74) is 0. The van der Waals surface area contributed by atoms with Gasteiger partial charge in [0.2, 0.25) is 0 Å². The summed E-state index contributed by atoms with van der Waals surface area (Å²) in [5, 5.41) is 13.1. The van der Waals surface area contributed by atoms with Crippen molar-refractivity contribution in [1.82, 2.24) is 14.7 Å². The average Bonchev–Trinajstić information content (AvgIpc) is 2.59. The first kappa shape index (κ1) is 11.7. The topological polar surface area (TPSA) is 41.3 Å². The molecule has 80 valence electrons. The molecule has 1 N–H and O–H groups in total. The predicted octanol–water partition coefficient (Wildman–Crippen LogP) is 0.958. The third-order valence-corrected chi connectivity index (χ3v) is 2.71. The average molecular weight is 262 g/mol. The predicted molar refractivity (Wildman–Crippen MR) is 59.1 cm³/mol. The van der Waals surface area contributed by atoms with Crippen molar-refractivity contribution in [3.05, 3.63) is 16.9 Å². The number of aliphatic hydroxyl groups is 1. The molecule has 1 aromatic rings. The zero-order valence-electron chi connectivity index (χ0n) is 8.52. The van der Waals surface area contributed by atoms with Crippen molar-refractivity contribution in [2.45, 2.75) is 19.5 Å². The van der Waals surface area contributed by atoms with Gasteiger partial charge in [-0.15, -0.1) is 0 Å². The number of hydrogen-bond acceptors (Lipinski definition) is 3. The van der Waals surface area contributed by atoms with E-state index in [1.807, 2.05) is 24.9 Å². The van der Waals surface area contributed by atoms with Gasteiger partial charge in [0, 0.05) is 18.8 Å². The minimum absolute atomic E-state index is 0.194. The Morgan fingerprint density at radius 1 is 1.71 bits per heavy atom. The number of nitrogens with zero attached hydrogens (tertiary/aromatic N) is 3. The van der Waals surface area contributed by atoms with Gasteiger partial charge >= 0.3 is 0 Å². The summed E-state index contributed by atoms with van der Waals surface area (Å²) in [7, 11) is 2.00. The molecule has 0 bridgehead atoms. The highest BCUT2D eigenvalue weighted by molar-refractivity contribution is 9.10. The minimum Gasteiger partial charge on any atom is -0.395 e. The maximum atomic E-state index is 8.93. The van der Waals surface area contributed by atoms with Gasteiger partial charge in [0.25, 0.3) is 0 Å². The second-order valence-electron chi connectivity index (χ2n) is 3.43. The van der Waals surface area contributed by atoms with Crippen LogP contribution in [0.25, 0.3) is 0 Å². The largest absolute Gasteiger partial charge is 0.395 e. The van der Waals surface area contributed by atoms with E-state index in [2.05, 4.69) is 25.9 Å². The van der Waals surface area contributed by atoms with Crippen LogP contribution in [0, 0.1) is 0 Å². The fourth-order valence-corrected chi connectivity index (χ4v) is 1.41. The number of halogens is 1. The highest BCUT2D eigenvalue weighted by Gasteiger charge is 2.07. The highest BCUT2D eigenvalue weighted by Crippen LogP contribution is 2.06. The molecule has 1 heterocycles. The van der Waals surface area contributed by atoms with Crippen molar-refractivity contribution in [1.29, 1.82) is 0 Å². The second-order valence-corrected chi connectivity index (χ2v) is 4.35. The molecule has 0 spiro atoms. The lowest BCUT2D eigenvalue weighted by Crippen LogP contribution is -2.34.